The number of rotatable bonds is 2. The first kappa shape index (κ1) is 12.3. The molecule has 0 spiro atoms. The molecule has 0 saturated carbocycles. The van der Waals surface area contributed by atoms with E-state index in [0.29, 0.717) is 11.1 Å². The van der Waals surface area contributed by atoms with E-state index >= 15 is 0 Å². The van der Waals surface area contributed by atoms with Gasteiger partial charge in [0, 0.05) is 5.69 Å². The number of halogens is 1. The number of anilines is 1. The third-order valence-corrected chi connectivity index (χ3v) is 3.07. The summed E-state index contributed by atoms with van der Waals surface area (Å²) in [6.45, 7) is 4.72. The summed E-state index contributed by atoms with van der Waals surface area (Å²) >= 11 is 5.80. The molecule has 0 radical (unpaired) electrons. The fourth-order valence-corrected chi connectivity index (χ4v) is 2.20. The lowest BCUT2D eigenvalue weighted by atomic mass is 10.0. The molecule has 1 aromatic rings. The Balaban J connectivity index is 2.07. The normalized spacial score (nSPS) is 23.7. The van der Waals surface area contributed by atoms with Gasteiger partial charge in [0.05, 0.1) is 6.04 Å². The maximum atomic E-state index is 12.0. The average molecular weight is 255 g/mol. The molecule has 1 saturated heterocycles. The van der Waals surface area contributed by atoms with E-state index in [-0.39, 0.29) is 17.9 Å². The fraction of sp³-hybridized carbons (Fsp3) is 0.545. The molecule has 2 N–H and O–H groups in total. The summed E-state index contributed by atoms with van der Waals surface area (Å²) in [6, 6.07) is 1.48. The van der Waals surface area contributed by atoms with Crippen LogP contribution in [0.25, 0.3) is 0 Å². The number of carbonyl (C=O) groups is 1. The van der Waals surface area contributed by atoms with Crippen molar-refractivity contribution >= 4 is 23.5 Å². The van der Waals surface area contributed by atoms with Gasteiger partial charge in [-0.3, -0.25) is 10.1 Å². The molecule has 1 amide bonds. The molecule has 2 heterocycles. The van der Waals surface area contributed by atoms with E-state index in [0.717, 1.165) is 18.7 Å². The minimum absolute atomic E-state index is 0.100. The quantitative estimate of drug-likeness (QED) is 0.783. The molecule has 2 unspecified atom stereocenters. The van der Waals surface area contributed by atoms with Crippen molar-refractivity contribution in [3.05, 3.63) is 16.9 Å². The first-order valence-corrected chi connectivity index (χ1v) is 5.99. The van der Waals surface area contributed by atoms with Crippen molar-refractivity contribution in [2.75, 3.05) is 11.9 Å². The van der Waals surface area contributed by atoms with Crippen molar-refractivity contribution in [3.8, 4) is 0 Å². The van der Waals surface area contributed by atoms with E-state index in [1.165, 1.54) is 0 Å². The topological polar surface area (TPSA) is 66.9 Å². The molecule has 6 heteroatoms. The Kier molecular flexibility index (Phi) is 3.59. The number of carbonyl (C=O) groups excluding carboxylic acids is 1. The lowest BCUT2D eigenvalue weighted by molar-refractivity contribution is -0.118. The standard InChI is InChI=1S/C11H15ClN4O/c1-6-3-4-13-9(6)10(17)16-11-14-7(2)5-8(12)15-11/h5-6,9,13H,3-4H2,1-2H3,(H,14,15,16,17). The van der Waals surface area contributed by atoms with Gasteiger partial charge in [-0.2, -0.15) is 0 Å². The predicted molar refractivity (Wildman–Crippen MR) is 66.0 cm³/mol. The SMILES string of the molecule is Cc1cc(Cl)nc(NC(=O)C2NCCC2C)n1. The van der Waals surface area contributed by atoms with Gasteiger partial charge in [0.15, 0.2) is 0 Å². The molecule has 0 aliphatic carbocycles. The second-order valence-electron chi connectivity index (χ2n) is 4.34. The maximum absolute atomic E-state index is 12.0. The van der Waals surface area contributed by atoms with Crippen LogP contribution in [-0.4, -0.2) is 28.5 Å². The zero-order chi connectivity index (χ0) is 12.4. The van der Waals surface area contributed by atoms with Crippen molar-refractivity contribution in [2.24, 2.45) is 5.92 Å². The number of nitrogens with zero attached hydrogens (tertiary/aromatic N) is 2. The number of amides is 1. The largest absolute Gasteiger partial charge is 0.306 e. The van der Waals surface area contributed by atoms with E-state index in [2.05, 4.69) is 20.6 Å². The Hall–Kier alpha value is -1.20. The fourth-order valence-electron chi connectivity index (χ4n) is 1.96. The van der Waals surface area contributed by atoms with E-state index in [1.807, 2.05) is 6.92 Å². The van der Waals surface area contributed by atoms with Crippen molar-refractivity contribution in [1.82, 2.24) is 15.3 Å². The minimum atomic E-state index is -0.169. The summed E-state index contributed by atoms with van der Waals surface area (Å²) < 4.78 is 0. The summed E-state index contributed by atoms with van der Waals surface area (Å²) in [7, 11) is 0. The molecular weight excluding hydrogens is 240 g/mol. The summed E-state index contributed by atoms with van der Waals surface area (Å²) in [5.74, 6) is 0.493. The highest BCUT2D eigenvalue weighted by molar-refractivity contribution is 6.29. The van der Waals surface area contributed by atoms with Crippen LogP contribution in [-0.2, 0) is 4.79 Å². The summed E-state index contributed by atoms with van der Waals surface area (Å²) in [6.07, 6.45) is 1.01. The molecule has 1 aliphatic heterocycles. The number of aromatic nitrogens is 2. The lowest BCUT2D eigenvalue weighted by Crippen LogP contribution is -2.39. The van der Waals surface area contributed by atoms with E-state index in [4.69, 9.17) is 11.6 Å². The van der Waals surface area contributed by atoms with Gasteiger partial charge in [0.1, 0.15) is 5.15 Å². The van der Waals surface area contributed by atoms with Crippen LogP contribution in [0.15, 0.2) is 6.07 Å². The molecular formula is C11H15ClN4O. The summed E-state index contributed by atoms with van der Waals surface area (Å²) in [5.41, 5.74) is 0.729. The zero-order valence-electron chi connectivity index (χ0n) is 9.83. The molecule has 5 nitrogen and oxygen atoms in total. The van der Waals surface area contributed by atoms with Gasteiger partial charge in [0.2, 0.25) is 11.9 Å². The Morgan fingerprint density at radius 3 is 2.94 bits per heavy atom. The highest BCUT2D eigenvalue weighted by Gasteiger charge is 2.29. The van der Waals surface area contributed by atoms with E-state index < -0.39 is 0 Å². The Bertz CT molecular complexity index is 417. The molecule has 2 atom stereocenters. The van der Waals surface area contributed by atoms with Crippen LogP contribution in [0.5, 0.6) is 0 Å². The lowest BCUT2D eigenvalue weighted by Gasteiger charge is -2.14. The molecule has 2 rings (SSSR count). The van der Waals surface area contributed by atoms with Crippen LogP contribution in [0.3, 0.4) is 0 Å². The first-order valence-electron chi connectivity index (χ1n) is 5.61. The van der Waals surface area contributed by atoms with Crippen LogP contribution >= 0.6 is 11.6 Å². The van der Waals surface area contributed by atoms with Crippen molar-refractivity contribution in [1.29, 1.82) is 0 Å². The van der Waals surface area contributed by atoms with Gasteiger partial charge < -0.3 is 5.32 Å². The predicted octanol–water partition coefficient (Wildman–Crippen LogP) is 1.37. The Morgan fingerprint density at radius 1 is 1.59 bits per heavy atom. The molecule has 17 heavy (non-hydrogen) atoms. The van der Waals surface area contributed by atoms with Gasteiger partial charge in [0.25, 0.3) is 0 Å². The minimum Gasteiger partial charge on any atom is -0.306 e. The number of nitrogens with one attached hydrogen (secondary N) is 2. The van der Waals surface area contributed by atoms with Gasteiger partial charge >= 0.3 is 0 Å². The van der Waals surface area contributed by atoms with Crippen molar-refractivity contribution < 1.29 is 4.79 Å². The number of hydrogen-bond acceptors (Lipinski definition) is 4. The third-order valence-electron chi connectivity index (χ3n) is 2.87. The van der Waals surface area contributed by atoms with E-state index in [1.54, 1.807) is 13.0 Å². The van der Waals surface area contributed by atoms with Gasteiger partial charge in [-0.1, -0.05) is 18.5 Å². The van der Waals surface area contributed by atoms with Gasteiger partial charge in [-0.15, -0.1) is 0 Å². The second kappa shape index (κ2) is 4.98. The van der Waals surface area contributed by atoms with Crippen LogP contribution in [0.4, 0.5) is 5.95 Å². The molecule has 0 bridgehead atoms. The molecule has 1 aromatic heterocycles. The second-order valence-corrected chi connectivity index (χ2v) is 4.73. The maximum Gasteiger partial charge on any atom is 0.244 e. The van der Waals surface area contributed by atoms with Crippen LogP contribution in [0.2, 0.25) is 5.15 Å². The average Bonchev–Trinajstić information content (AvgIpc) is 2.62. The highest BCUT2D eigenvalue weighted by Crippen LogP contribution is 2.16. The summed E-state index contributed by atoms with van der Waals surface area (Å²) in [4.78, 5) is 20.0. The molecule has 0 aromatic carbocycles. The molecule has 1 fully saturated rings. The van der Waals surface area contributed by atoms with Crippen molar-refractivity contribution in [3.63, 3.8) is 0 Å². The van der Waals surface area contributed by atoms with Crippen LogP contribution < -0.4 is 10.6 Å². The Morgan fingerprint density at radius 2 is 2.35 bits per heavy atom. The molecule has 92 valence electrons. The summed E-state index contributed by atoms with van der Waals surface area (Å²) in [5, 5.41) is 6.18. The monoisotopic (exact) mass is 254 g/mol. The van der Waals surface area contributed by atoms with Crippen molar-refractivity contribution in [2.45, 2.75) is 26.3 Å². The van der Waals surface area contributed by atoms with Gasteiger partial charge in [-0.05, 0) is 31.9 Å². The highest BCUT2D eigenvalue weighted by atomic mass is 35.5. The van der Waals surface area contributed by atoms with Gasteiger partial charge in [-0.25, -0.2) is 9.97 Å². The smallest absolute Gasteiger partial charge is 0.244 e. The number of aryl methyl sites for hydroxylation is 1. The van der Waals surface area contributed by atoms with Crippen LogP contribution in [0, 0.1) is 12.8 Å². The van der Waals surface area contributed by atoms with E-state index in [9.17, 15) is 4.79 Å². The third kappa shape index (κ3) is 2.92. The zero-order valence-corrected chi connectivity index (χ0v) is 10.6. The number of hydrogen-bond donors (Lipinski definition) is 2. The Labute approximate surface area is 105 Å². The first-order chi connectivity index (χ1) is 8.06. The van der Waals surface area contributed by atoms with Crippen LogP contribution in [0.1, 0.15) is 19.0 Å². The molecule has 1 aliphatic rings.